The second kappa shape index (κ2) is 9.54. The van der Waals surface area contributed by atoms with E-state index in [2.05, 4.69) is 138 Å². The van der Waals surface area contributed by atoms with Crippen molar-refractivity contribution in [3.8, 4) is 11.1 Å². The number of hydrogen-bond donors (Lipinski definition) is 0. The molecule has 41 heavy (non-hydrogen) atoms. The molecule has 0 amide bonds. The van der Waals surface area contributed by atoms with E-state index in [0.29, 0.717) is 6.67 Å². The first-order valence-corrected chi connectivity index (χ1v) is 14.5. The number of fused-ring (bicyclic) bond motifs is 4. The third kappa shape index (κ3) is 3.72. The molecule has 0 unspecified atom stereocenters. The Labute approximate surface area is 242 Å². The van der Waals surface area contributed by atoms with Gasteiger partial charge in [0.05, 0.1) is 0 Å². The van der Waals surface area contributed by atoms with Crippen molar-refractivity contribution < 1.29 is 0 Å². The molecular weight excluding hydrogens is 518 g/mol. The fraction of sp³-hybridized carbons (Fsp3) is 0.0270. The molecule has 1 aliphatic heterocycles. The van der Waals surface area contributed by atoms with E-state index in [9.17, 15) is 0 Å². The van der Waals surface area contributed by atoms with Crippen molar-refractivity contribution in [1.82, 2.24) is 0 Å². The first kappa shape index (κ1) is 23.8. The van der Waals surface area contributed by atoms with E-state index in [-0.39, 0.29) is 0 Å². The minimum Gasteiger partial charge on any atom is -0.317 e. The molecule has 8 rings (SSSR count). The standard InChI is InChI=1S/C37H25N3S/c1-38-36-32-18-8-9-20-33(32)41-37(36)40-22-25(21-39-23-40)34-28-14-4-6-16-30(28)35(31-17-7-5-15-29(31)34)27-19-10-12-24-11-2-3-13-26(24)27/h2-22H,1,23H2. The van der Waals surface area contributed by atoms with Crippen molar-refractivity contribution in [3.05, 3.63) is 127 Å². The smallest absolute Gasteiger partial charge is 0.124 e. The van der Waals surface area contributed by atoms with Crippen LogP contribution in [0, 0.1) is 0 Å². The van der Waals surface area contributed by atoms with Gasteiger partial charge in [0, 0.05) is 33.6 Å². The van der Waals surface area contributed by atoms with E-state index in [1.165, 1.54) is 53.7 Å². The van der Waals surface area contributed by atoms with Crippen LogP contribution in [-0.4, -0.2) is 19.6 Å². The fourth-order valence-corrected chi connectivity index (χ4v) is 7.39. The van der Waals surface area contributed by atoms with Crippen LogP contribution in [0.5, 0.6) is 0 Å². The summed E-state index contributed by atoms with van der Waals surface area (Å²) in [6, 6.07) is 41.2. The lowest BCUT2D eigenvalue weighted by atomic mass is 9.85. The molecule has 0 atom stereocenters. The van der Waals surface area contributed by atoms with E-state index in [1.807, 2.05) is 6.21 Å². The Morgan fingerprint density at radius 2 is 1.22 bits per heavy atom. The summed E-state index contributed by atoms with van der Waals surface area (Å²) in [6.07, 6.45) is 4.26. The summed E-state index contributed by atoms with van der Waals surface area (Å²) in [5.74, 6) is 0. The summed E-state index contributed by atoms with van der Waals surface area (Å²) in [4.78, 5) is 11.5. The number of thiophene rings is 1. The van der Waals surface area contributed by atoms with Gasteiger partial charge in [0.1, 0.15) is 17.4 Å². The second-order valence-electron chi connectivity index (χ2n) is 10.3. The lowest BCUT2D eigenvalue weighted by Gasteiger charge is -2.24. The highest BCUT2D eigenvalue weighted by molar-refractivity contribution is 7.23. The maximum Gasteiger partial charge on any atom is 0.124 e. The van der Waals surface area contributed by atoms with Crippen molar-refractivity contribution >= 4 is 82.9 Å². The van der Waals surface area contributed by atoms with Gasteiger partial charge in [-0.1, -0.05) is 109 Å². The first-order chi connectivity index (χ1) is 20.3. The fourth-order valence-electron chi connectivity index (χ4n) is 6.26. The number of benzene rings is 6. The van der Waals surface area contributed by atoms with Crippen LogP contribution in [0.1, 0.15) is 5.56 Å². The number of nitrogens with zero attached hydrogens (tertiary/aromatic N) is 3. The predicted molar refractivity (Wildman–Crippen MR) is 179 cm³/mol. The van der Waals surface area contributed by atoms with Crippen molar-refractivity contribution in [2.75, 3.05) is 11.6 Å². The van der Waals surface area contributed by atoms with E-state index in [4.69, 9.17) is 4.99 Å². The maximum atomic E-state index is 4.85. The zero-order valence-electron chi connectivity index (χ0n) is 22.3. The van der Waals surface area contributed by atoms with Crippen LogP contribution in [0.15, 0.2) is 131 Å². The van der Waals surface area contributed by atoms with Crippen molar-refractivity contribution in [2.45, 2.75) is 0 Å². The number of anilines is 1. The summed E-state index contributed by atoms with van der Waals surface area (Å²) in [5, 5.41) is 9.60. The quantitative estimate of drug-likeness (QED) is 0.160. The zero-order chi connectivity index (χ0) is 27.3. The van der Waals surface area contributed by atoms with Crippen LogP contribution in [0.3, 0.4) is 0 Å². The number of aliphatic imine (C=N–C) groups is 2. The third-order valence-corrected chi connectivity index (χ3v) is 9.21. The highest BCUT2D eigenvalue weighted by atomic mass is 32.1. The summed E-state index contributed by atoms with van der Waals surface area (Å²) < 4.78 is 1.20. The Bertz CT molecular complexity index is 2160. The largest absolute Gasteiger partial charge is 0.317 e. The van der Waals surface area contributed by atoms with Gasteiger partial charge in [-0.3, -0.25) is 9.98 Å². The van der Waals surface area contributed by atoms with E-state index in [0.717, 1.165) is 21.6 Å². The summed E-state index contributed by atoms with van der Waals surface area (Å²) >= 11 is 1.73. The van der Waals surface area contributed by atoms with Crippen molar-refractivity contribution in [2.24, 2.45) is 9.98 Å². The van der Waals surface area contributed by atoms with Crippen LogP contribution in [0.2, 0.25) is 0 Å². The Morgan fingerprint density at radius 3 is 1.93 bits per heavy atom. The van der Waals surface area contributed by atoms with Gasteiger partial charge in [0.2, 0.25) is 0 Å². The average Bonchev–Trinajstić information content (AvgIpc) is 3.42. The summed E-state index contributed by atoms with van der Waals surface area (Å²) in [7, 11) is 0. The highest BCUT2D eigenvalue weighted by Crippen LogP contribution is 2.47. The minimum atomic E-state index is 0.544. The monoisotopic (exact) mass is 543 g/mol. The molecule has 0 spiro atoms. The molecular formula is C37H25N3S. The number of hydrogen-bond acceptors (Lipinski definition) is 4. The molecule has 4 heteroatoms. The molecule has 1 aliphatic rings. The zero-order valence-corrected chi connectivity index (χ0v) is 23.1. The third-order valence-electron chi connectivity index (χ3n) is 8.01. The lowest BCUT2D eigenvalue weighted by molar-refractivity contribution is 0.985. The van der Waals surface area contributed by atoms with Gasteiger partial charge in [-0.05, 0) is 56.2 Å². The molecule has 0 saturated heterocycles. The highest BCUT2D eigenvalue weighted by Gasteiger charge is 2.22. The molecule has 0 radical (unpaired) electrons. The predicted octanol–water partition coefficient (Wildman–Crippen LogP) is 10.2. The normalized spacial score (nSPS) is 13.4. The van der Waals surface area contributed by atoms with Gasteiger partial charge < -0.3 is 4.90 Å². The van der Waals surface area contributed by atoms with Crippen LogP contribution >= 0.6 is 11.3 Å². The van der Waals surface area contributed by atoms with Crippen molar-refractivity contribution in [3.63, 3.8) is 0 Å². The number of rotatable bonds is 4. The van der Waals surface area contributed by atoms with Crippen LogP contribution in [-0.2, 0) is 0 Å². The number of allylic oxidation sites excluding steroid dienone is 1. The molecule has 1 aromatic heterocycles. The van der Waals surface area contributed by atoms with Crippen LogP contribution in [0.4, 0.5) is 10.7 Å². The van der Waals surface area contributed by atoms with Crippen molar-refractivity contribution in [1.29, 1.82) is 0 Å². The SMILES string of the molecule is C=Nc1c(N2C=C(c3c4ccccc4c(-c4cccc5ccccc45)c4ccccc34)C=NC2)sc2ccccc12. The van der Waals surface area contributed by atoms with E-state index >= 15 is 0 Å². The molecule has 0 aliphatic carbocycles. The Hall–Kier alpha value is -5.06. The molecule has 194 valence electrons. The second-order valence-corrected chi connectivity index (χ2v) is 11.3. The van der Waals surface area contributed by atoms with Gasteiger partial charge in [0.25, 0.3) is 0 Å². The molecule has 2 heterocycles. The molecule has 0 N–H and O–H groups in total. The van der Waals surface area contributed by atoms with Gasteiger partial charge >= 0.3 is 0 Å². The van der Waals surface area contributed by atoms with Crippen LogP contribution < -0.4 is 4.90 Å². The van der Waals surface area contributed by atoms with Gasteiger partial charge in [0.15, 0.2) is 0 Å². The topological polar surface area (TPSA) is 28.0 Å². The summed E-state index contributed by atoms with van der Waals surface area (Å²) in [6.45, 7) is 4.44. The molecule has 6 aromatic carbocycles. The van der Waals surface area contributed by atoms with E-state index < -0.39 is 0 Å². The maximum absolute atomic E-state index is 4.85. The lowest BCUT2D eigenvalue weighted by Crippen LogP contribution is -2.19. The Balaban J connectivity index is 1.41. The molecule has 3 nitrogen and oxygen atoms in total. The first-order valence-electron chi connectivity index (χ1n) is 13.7. The summed E-state index contributed by atoms with van der Waals surface area (Å²) in [5.41, 5.74) is 5.72. The molecule has 0 saturated carbocycles. The van der Waals surface area contributed by atoms with Crippen LogP contribution in [0.25, 0.3) is 59.1 Å². The van der Waals surface area contributed by atoms with Gasteiger partial charge in [-0.25, -0.2) is 0 Å². The van der Waals surface area contributed by atoms with E-state index in [1.54, 1.807) is 11.3 Å². The Kier molecular flexibility index (Phi) is 5.54. The molecule has 0 fully saturated rings. The molecule has 0 bridgehead atoms. The molecule has 7 aromatic rings. The van der Waals surface area contributed by atoms with Gasteiger partial charge in [-0.2, -0.15) is 0 Å². The Morgan fingerprint density at radius 1 is 0.634 bits per heavy atom. The minimum absolute atomic E-state index is 0.544. The van der Waals surface area contributed by atoms with Gasteiger partial charge in [-0.15, -0.1) is 11.3 Å². The average molecular weight is 544 g/mol.